The van der Waals surface area contributed by atoms with Gasteiger partial charge in [0.05, 0.1) is 6.10 Å². The number of carbonyl (C=O) groups is 6. The van der Waals surface area contributed by atoms with Crippen LogP contribution in [0.25, 0.3) is 11.1 Å². The molecule has 48 heavy (non-hydrogen) atoms. The number of carboxylic acids is 1. The molecule has 0 radical (unpaired) electrons. The Labute approximate surface area is 275 Å². The molecule has 1 aliphatic carbocycles. The Morgan fingerprint density at radius 3 is 1.77 bits per heavy atom. The minimum atomic E-state index is -1.72. The molecular formula is C33H37NO14. The third kappa shape index (κ3) is 8.66. The van der Waals surface area contributed by atoms with Crippen molar-refractivity contribution in [2.45, 2.75) is 83.4 Å². The first-order chi connectivity index (χ1) is 22.8. The molecule has 1 heterocycles. The van der Waals surface area contributed by atoms with Gasteiger partial charge < -0.3 is 43.6 Å². The van der Waals surface area contributed by atoms with Gasteiger partial charge in [-0.25, -0.2) is 9.59 Å². The van der Waals surface area contributed by atoms with E-state index in [0.717, 1.165) is 49.9 Å². The first-order valence-electron chi connectivity index (χ1n) is 15.1. The topological polar surface area (TPSA) is 199 Å². The van der Waals surface area contributed by atoms with E-state index in [2.05, 4.69) is 5.32 Å². The molecule has 1 saturated heterocycles. The molecule has 1 amide bonds. The van der Waals surface area contributed by atoms with Gasteiger partial charge in [0, 0.05) is 33.6 Å². The zero-order chi connectivity index (χ0) is 35.1. The molecule has 4 rings (SSSR count). The van der Waals surface area contributed by atoms with Crippen LogP contribution in [0, 0.1) is 0 Å². The van der Waals surface area contributed by atoms with Crippen molar-refractivity contribution < 1.29 is 67.0 Å². The van der Waals surface area contributed by atoms with Crippen molar-refractivity contribution in [2.24, 2.45) is 0 Å². The second-order valence-electron chi connectivity index (χ2n) is 11.2. The predicted octanol–water partition coefficient (Wildman–Crippen LogP) is 2.47. The van der Waals surface area contributed by atoms with Gasteiger partial charge in [-0.05, 0) is 29.2 Å². The van der Waals surface area contributed by atoms with E-state index in [1.165, 1.54) is 6.92 Å². The molecular weight excluding hydrogens is 634 g/mol. The minimum Gasteiger partial charge on any atom is -0.480 e. The van der Waals surface area contributed by atoms with Crippen LogP contribution in [0.1, 0.15) is 51.7 Å². The van der Waals surface area contributed by atoms with Gasteiger partial charge in [0.1, 0.15) is 19.3 Å². The molecule has 2 aromatic rings. The van der Waals surface area contributed by atoms with Gasteiger partial charge >= 0.3 is 35.9 Å². The van der Waals surface area contributed by atoms with Gasteiger partial charge in [-0.2, -0.15) is 0 Å². The van der Waals surface area contributed by atoms with Gasteiger partial charge in [0.25, 0.3) is 0 Å². The number of ether oxygens (including phenoxy) is 7. The van der Waals surface area contributed by atoms with E-state index < -0.39 is 85.4 Å². The largest absolute Gasteiger partial charge is 0.480 e. The lowest BCUT2D eigenvalue weighted by Crippen LogP contribution is -2.64. The fourth-order valence-electron chi connectivity index (χ4n) is 5.74. The second kappa shape index (κ2) is 15.7. The highest BCUT2D eigenvalue weighted by atomic mass is 16.7. The third-order valence-electron chi connectivity index (χ3n) is 7.65. The zero-order valence-electron chi connectivity index (χ0n) is 26.9. The van der Waals surface area contributed by atoms with E-state index in [1.54, 1.807) is 0 Å². The molecule has 15 heteroatoms. The summed E-state index contributed by atoms with van der Waals surface area (Å²) in [5, 5.41) is 12.3. The van der Waals surface area contributed by atoms with Crippen LogP contribution in [0.2, 0.25) is 0 Å². The summed E-state index contributed by atoms with van der Waals surface area (Å²) < 4.78 is 38.3. The van der Waals surface area contributed by atoms with Gasteiger partial charge in [-0.3, -0.25) is 19.2 Å². The van der Waals surface area contributed by atoms with Crippen LogP contribution in [-0.2, 0) is 57.1 Å². The second-order valence-corrected chi connectivity index (χ2v) is 11.2. The van der Waals surface area contributed by atoms with Crippen molar-refractivity contribution >= 4 is 35.9 Å². The maximum absolute atomic E-state index is 13.0. The highest BCUT2D eigenvalue weighted by Gasteiger charge is 2.53. The Morgan fingerprint density at radius 1 is 0.729 bits per heavy atom. The Bertz CT molecular complexity index is 1500. The van der Waals surface area contributed by atoms with Crippen LogP contribution in [0.5, 0.6) is 0 Å². The number of hydrogen-bond donors (Lipinski definition) is 2. The van der Waals surface area contributed by atoms with Crippen molar-refractivity contribution in [3.63, 3.8) is 0 Å². The molecule has 2 aromatic carbocycles. The van der Waals surface area contributed by atoms with E-state index >= 15 is 0 Å². The molecule has 1 fully saturated rings. The molecule has 1 aliphatic heterocycles. The van der Waals surface area contributed by atoms with E-state index in [0.29, 0.717) is 0 Å². The predicted molar refractivity (Wildman–Crippen MR) is 162 cm³/mol. The van der Waals surface area contributed by atoms with Crippen LogP contribution in [0.3, 0.4) is 0 Å². The summed E-state index contributed by atoms with van der Waals surface area (Å²) >= 11 is 0. The third-order valence-corrected chi connectivity index (χ3v) is 7.65. The maximum atomic E-state index is 13.0. The van der Waals surface area contributed by atoms with Crippen molar-refractivity contribution in [1.82, 2.24) is 5.32 Å². The van der Waals surface area contributed by atoms with Gasteiger partial charge in [0.15, 0.2) is 30.6 Å². The number of carboxylic acid groups (broad SMARTS) is 1. The van der Waals surface area contributed by atoms with Crippen LogP contribution in [0.4, 0.5) is 4.79 Å². The molecule has 2 N–H and O–H groups in total. The number of fused-ring (bicyclic) bond motifs is 3. The Balaban J connectivity index is 1.52. The molecule has 0 bridgehead atoms. The van der Waals surface area contributed by atoms with E-state index in [9.17, 15) is 33.9 Å². The van der Waals surface area contributed by atoms with Gasteiger partial charge in [0.2, 0.25) is 0 Å². The SMILES string of the molecule is CC(=O)OC[C@H]1O[C@@H](O[C@@H](C)[C@H](NC(=O)OCC2c3ccccc3-c3ccccc32)C(=O)O)[C@H](OC(C)=O)[C@@H](OC(C)=O)[C@@H]1OC(C)=O. The van der Waals surface area contributed by atoms with E-state index in [1.807, 2.05) is 48.5 Å². The van der Waals surface area contributed by atoms with Gasteiger partial charge in [-0.15, -0.1) is 0 Å². The number of amides is 1. The molecule has 0 aromatic heterocycles. The summed E-state index contributed by atoms with van der Waals surface area (Å²) in [4.78, 5) is 73.0. The lowest BCUT2D eigenvalue weighted by atomic mass is 9.98. The standard InChI is InChI=1S/C33H37NO14/c1-16(27(31(39)40)34-33(41)43-14-25-23-12-8-6-10-21(23)22-11-7-9-13-24(22)25)44-32-30(47-20(5)38)29(46-19(4)37)28(45-18(3)36)26(48-32)15-42-17(2)35/h6-13,16,25-30,32H,14-15H2,1-5H3,(H,34,41)(H,39,40)/t16-,26+,27-,28+,29-,30+,32+/m0/s1. The van der Waals surface area contributed by atoms with Gasteiger partial charge in [-0.1, -0.05) is 48.5 Å². The van der Waals surface area contributed by atoms with Crippen LogP contribution >= 0.6 is 0 Å². The lowest BCUT2D eigenvalue weighted by Gasteiger charge is -2.44. The van der Waals surface area contributed by atoms with Crippen molar-refractivity contribution in [2.75, 3.05) is 13.2 Å². The highest BCUT2D eigenvalue weighted by molar-refractivity contribution is 5.81. The number of benzene rings is 2. The van der Waals surface area contributed by atoms with Crippen LogP contribution in [-0.4, -0.2) is 97.1 Å². The fourth-order valence-corrected chi connectivity index (χ4v) is 5.74. The molecule has 7 atom stereocenters. The first kappa shape index (κ1) is 35.8. The molecule has 2 aliphatic rings. The number of carbonyl (C=O) groups excluding carboxylic acids is 5. The minimum absolute atomic E-state index is 0.0822. The number of hydrogen-bond acceptors (Lipinski definition) is 13. The summed E-state index contributed by atoms with van der Waals surface area (Å²) in [6.45, 7) is 5.02. The summed E-state index contributed by atoms with van der Waals surface area (Å²) in [7, 11) is 0. The van der Waals surface area contributed by atoms with Crippen LogP contribution in [0.15, 0.2) is 48.5 Å². The van der Waals surface area contributed by atoms with Crippen molar-refractivity contribution in [3.8, 4) is 11.1 Å². The fraction of sp³-hybridized carbons (Fsp3) is 0.455. The molecule has 0 saturated carbocycles. The number of esters is 4. The number of alkyl carbamates (subject to hydrolysis) is 1. The monoisotopic (exact) mass is 671 g/mol. The van der Waals surface area contributed by atoms with Crippen molar-refractivity contribution in [1.29, 1.82) is 0 Å². The Hall–Kier alpha value is -5.02. The smallest absolute Gasteiger partial charge is 0.407 e. The summed E-state index contributed by atoms with van der Waals surface area (Å²) in [5.74, 6) is -5.03. The highest BCUT2D eigenvalue weighted by Crippen LogP contribution is 2.44. The van der Waals surface area contributed by atoms with E-state index in [4.69, 9.17) is 33.2 Å². The number of nitrogens with one attached hydrogen (secondary N) is 1. The quantitative estimate of drug-likeness (QED) is 0.246. The molecule has 0 spiro atoms. The first-order valence-corrected chi connectivity index (χ1v) is 15.1. The lowest BCUT2D eigenvalue weighted by molar-refractivity contribution is -0.316. The Kier molecular flexibility index (Phi) is 11.7. The molecule has 15 nitrogen and oxygen atoms in total. The summed E-state index contributed by atoms with van der Waals surface area (Å²) in [6.07, 6.45) is -9.95. The average Bonchev–Trinajstić information content (AvgIpc) is 3.33. The zero-order valence-corrected chi connectivity index (χ0v) is 26.9. The van der Waals surface area contributed by atoms with E-state index in [-0.39, 0.29) is 12.5 Å². The number of rotatable bonds is 12. The normalized spacial score (nSPS) is 22.6. The summed E-state index contributed by atoms with van der Waals surface area (Å²) in [5.41, 5.74) is 3.94. The summed E-state index contributed by atoms with van der Waals surface area (Å²) in [6, 6.07) is 13.7. The molecule has 0 unspecified atom stereocenters. The van der Waals surface area contributed by atoms with Crippen molar-refractivity contribution in [3.05, 3.63) is 59.7 Å². The average molecular weight is 672 g/mol. The Morgan fingerprint density at radius 2 is 1.25 bits per heavy atom. The van der Waals surface area contributed by atoms with Crippen LogP contribution < -0.4 is 5.32 Å². The number of aliphatic carboxylic acids is 1. The maximum Gasteiger partial charge on any atom is 0.407 e. The molecule has 258 valence electrons.